The summed E-state index contributed by atoms with van der Waals surface area (Å²) in [7, 11) is 0. The maximum absolute atomic E-state index is 13.3. The second-order valence-corrected chi connectivity index (χ2v) is 4.03. The van der Waals surface area contributed by atoms with E-state index in [0.717, 1.165) is 18.2 Å². The van der Waals surface area contributed by atoms with Crippen molar-refractivity contribution in [2.24, 2.45) is 0 Å². The molecule has 0 aliphatic heterocycles. The van der Waals surface area contributed by atoms with Crippen LogP contribution < -0.4 is 5.32 Å². The van der Waals surface area contributed by atoms with Crippen molar-refractivity contribution in [3.8, 4) is 0 Å². The van der Waals surface area contributed by atoms with Gasteiger partial charge in [-0.25, -0.2) is 8.78 Å². The largest absolute Gasteiger partial charge is 0.466 e. The fourth-order valence-corrected chi connectivity index (χ4v) is 1.51. The Kier molecular flexibility index (Phi) is 5.71. The van der Waals surface area contributed by atoms with E-state index in [-0.39, 0.29) is 30.5 Å². The van der Waals surface area contributed by atoms with E-state index in [1.807, 2.05) is 0 Å². The molecule has 1 aromatic rings. The predicted octanol–water partition coefficient (Wildman–Crippen LogP) is 2.40. The molecule has 0 heterocycles. The fraction of sp³-hybridized carbons (Fsp3) is 0.462. The molecule has 18 heavy (non-hydrogen) atoms. The highest BCUT2D eigenvalue weighted by molar-refractivity contribution is 5.69. The van der Waals surface area contributed by atoms with Crippen molar-refractivity contribution in [2.45, 2.75) is 32.9 Å². The molecular formula is C13H17F2NO2. The molecule has 1 N–H and O–H groups in total. The molecule has 3 nitrogen and oxygen atoms in total. The third kappa shape index (κ3) is 4.79. The van der Waals surface area contributed by atoms with Crippen LogP contribution in [0.25, 0.3) is 0 Å². The topological polar surface area (TPSA) is 38.3 Å². The van der Waals surface area contributed by atoms with Crippen LogP contribution in [0.1, 0.15) is 25.8 Å². The van der Waals surface area contributed by atoms with Crippen LogP contribution in [-0.4, -0.2) is 18.6 Å². The highest BCUT2D eigenvalue weighted by Crippen LogP contribution is 2.09. The number of carbonyl (C=O) groups is 1. The second kappa shape index (κ2) is 7.06. The molecule has 0 radical (unpaired) electrons. The number of halogens is 2. The normalized spacial score (nSPS) is 12.2. The highest BCUT2D eigenvalue weighted by Gasteiger charge is 2.10. The Balaban J connectivity index is 2.44. The van der Waals surface area contributed by atoms with Crippen molar-refractivity contribution in [2.75, 3.05) is 6.61 Å². The van der Waals surface area contributed by atoms with Gasteiger partial charge in [-0.1, -0.05) is 0 Å². The van der Waals surface area contributed by atoms with Crippen LogP contribution >= 0.6 is 0 Å². The quantitative estimate of drug-likeness (QED) is 0.795. The number of hydrogen-bond donors (Lipinski definition) is 1. The minimum atomic E-state index is -0.480. The molecule has 0 fully saturated rings. The molecule has 0 aromatic heterocycles. The van der Waals surface area contributed by atoms with Crippen LogP contribution in [0.2, 0.25) is 0 Å². The molecule has 0 amide bonds. The first-order valence-electron chi connectivity index (χ1n) is 5.85. The first-order valence-corrected chi connectivity index (χ1v) is 5.85. The van der Waals surface area contributed by atoms with Crippen molar-refractivity contribution >= 4 is 5.97 Å². The highest BCUT2D eigenvalue weighted by atomic mass is 19.1. The Hall–Kier alpha value is -1.49. The summed E-state index contributed by atoms with van der Waals surface area (Å²) in [6.07, 6.45) is 0.199. The van der Waals surface area contributed by atoms with E-state index < -0.39 is 11.6 Å². The summed E-state index contributed by atoms with van der Waals surface area (Å²) in [6, 6.07) is 3.13. The van der Waals surface area contributed by atoms with E-state index >= 15 is 0 Å². The van der Waals surface area contributed by atoms with E-state index in [1.54, 1.807) is 13.8 Å². The van der Waals surface area contributed by atoms with Gasteiger partial charge in [-0.15, -0.1) is 0 Å². The van der Waals surface area contributed by atoms with Gasteiger partial charge in [0.05, 0.1) is 13.0 Å². The molecule has 0 saturated heterocycles. The van der Waals surface area contributed by atoms with Gasteiger partial charge in [0.1, 0.15) is 11.6 Å². The zero-order valence-electron chi connectivity index (χ0n) is 10.5. The Bertz CT molecular complexity index is 410. The van der Waals surface area contributed by atoms with Gasteiger partial charge in [-0.2, -0.15) is 0 Å². The van der Waals surface area contributed by atoms with Gasteiger partial charge in [0, 0.05) is 18.2 Å². The Morgan fingerprint density at radius 2 is 2.17 bits per heavy atom. The number of nitrogens with one attached hydrogen (secondary N) is 1. The first-order chi connectivity index (χ1) is 8.52. The zero-order valence-corrected chi connectivity index (χ0v) is 10.5. The predicted molar refractivity (Wildman–Crippen MR) is 63.9 cm³/mol. The van der Waals surface area contributed by atoms with Crippen molar-refractivity contribution in [3.63, 3.8) is 0 Å². The molecule has 1 atom stereocenters. The van der Waals surface area contributed by atoms with Crippen molar-refractivity contribution in [1.82, 2.24) is 5.32 Å². The molecule has 1 aromatic carbocycles. The molecule has 1 rings (SSSR count). The smallest absolute Gasteiger partial charge is 0.307 e. The third-order valence-corrected chi connectivity index (χ3v) is 2.43. The van der Waals surface area contributed by atoms with E-state index in [0.29, 0.717) is 6.61 Å². The summed E-state index contributed by atoms with van der Waals surface area (Å²) in [5, 5.41) is 2.95. The molecular weight excluding hydrogens is 240 g/mol. The second-order valence-electron chi connectivity index (χ2n) is 4.03. The molecule has 0 aliphatic carbocycles. The summed E-state index contributed by atoms with van der Waals surface area (Å²) >= 11 is 0. The summed E-state index contributed by atoms with van der Waals surface area (Å²) in [5.41, 5.74) is 0.241. The number of carbonyl (C=O) groups excluding carboxylic acids is 1. The number of rotatable bonds is 6. The van der Waals surface area contributed by atoms with E-state index in [1.165, 1.54) is 0 Å². The van der Waals surface area contributed by atoms with Gasteiger partial charge in [0.25, 0.3) is 0 Å². The third-order valence-electron chi connectivity index (χ3n) is 2.43. The monoisotopic (exact) mass is 257 g/mol. The lowest BCUT2D eigenvalue weighted by Crippen LogP contribution is -2.29. The molecule has 0 bridgehead atoms. The SMILES string of the molecule is CCOC(=O)CC(C)NCc1cc(F)ccc1F. The average molecular weight is 257 g/mol. The Labute approximate surface area is 105 Å². The van der Waals surface area contributed by atoms with Gasteiger partial charge in [-0.05, 0) is 32.0 Å². The standard InChI is InChI=1S/C13H17F2NO2/c1-3-18-13(17)6-9(2)16-8-10-7-11(14)4-5-12(10)15/h4-5,7,9,16H,3,6,8H2,1-2H3. The molecule has 0 spiro atoms. The molecule has 1 unspecified atom stereocenters. The number of benzene rings is 1. The van der Waals surface area contributed by atoms with Gasteiger partial charge in [0.2, 0.25) is 0 Å². The lowest BCUT2D eigenvalue weighted by molar-refractivity contribution is -0.143. The molecule has 0 aliphatic rings. The average Bonchev–Trinajstić information content (AvgIpc) is 2.30. The van der Waals surface area contributed by atoms with E-state index in [2.05, 4.69) is 5.32 Å². The summed E-state index contributed by atoms with van der Waals surface area (Å²) in [5.74, 6) is -1.25. The minimum Gasteiger partial charge on any atom is -0.466 e. The minimum absolute atomic E-state index is 0.160. The summed E-state index contributed by atoms with van der Waals surface area (Å²) in [6.45, 7) is 4.03. The lowest BCUT2D eigenvalue weighted by atomic mass is 10.1. The van der Waals surface area contributed by atoms with Crippen LogP contribution in [0, 0.1) is 11.6 Å². The van der Waals surface area contributed by atoms with Crippen LogP contribution in [0.15, 0.2) is 18.2 Å². The molecule has 5 heteroatoms. The van der Waals surface area contributed by atoms with Gasteiger partial charge >= 0.3 is 5.97 Å². The van der Waals surface area contributed by atoms with Crippen molar-refractivity contribution in [1.29, 1.82) is 0 Å². The Morgan fingerprint density at radius 1 is 1.44 bits per heavy atom. The van der Waals surface area contributed by atoms with Crippen LogP contribution in [0.4, 0.5) is 8.78 Å². The number of hydrogen-bond acceptors (Lipinski definition) is 3. The maximum Gasteiger partial charge on any atom is 0.307 e. The van der Waals surface area contributed by atoms with Gasteiger partial charge in [0.15, 0.2) is 0 Å². The van der Waals surface area contributed by atoms with Crippen molar-refractivity contribution in [3.05, 3.63) is 35.4 Å². The van der Waals surface area contributed by atoms with E-state index in [4.69, 9.17) is 4.74 Å². The van der Waals surface area contributed by atoms with Gasteiger partial charge in [-0.3, -0.25) is 4.79 Å². The zero-order chi connectivity index (χ0) is 13.5. The van der Waals surface area contributed by atoms with Crippen LogP contribution in [0.3, 0.4) is 0 Å². The van der Waals surface area contributed by atoms with Crippen LogP contribution in [-0.2, 0) is 16.1 Å². The molecule has 100 valence electrons. The number of ether oxygens (including phenoxy) is 1. The number of esters is 1. The summed E-state index contributed by atoms with van der Waals surface area (Å²) < 4.78 is 31.0. The van der Waals surface area contributed by atoms with Crippen LogP contribution in [0.5, 0.6) is 0 Å². The Morgan fingerprint density at radius 3 is 2.83 bits per heavy atom. The van der Waals surface area contributed by atoms with Gasteiger partial charge < -0.3 is 10.1 Å². The summed E-state index contributed by atoms with van der Waals surface area (Å²) in [4.78, 5) is 11.2. The first kappa shape index (κ1) is 14.6. The van der Waals surface area contributed by atoms with E-state index in [9.17, 15) is 13.6 Å². The van der Waals surface area contributed by atoms with Crippen molar-refractivity contribution < 1.29 is 18.3 Å². The maximum atomic E-state index is 13.3. The lowest BCUT2D eigenvalue weighted by Gasteiger charge is -2.13. The molecule has 0 saturated carbocycles. The fourth-order valence-electron chi connectivity index (χ4n) is 1.51.